The number of benzene rings is 1. The van der Waals surface area contributed by atoms with Gasteiger partial charge in [-0.3, -0.25) is 19.3 Å². The lowest BCUT2D eigenvalue weighted by Crippen LogP contribution is -2.41. The number of nitrogens with one attached hydrogen (secondary N) is 1. The molecule has 10 heteroatoms. The highest BCUT2D eigenvalue weighted by Gasteiger charge is 2.27. The van der Waals surface area contributed by atoms with Crippen molar-refractivity contribution in [2.24, 2.45) is 5.73 Å². The normalized spacial score (nSPS) is 10.3. The highest BCUT2D eigenvalue weighted by atomic mass is 32.1. The molecule has 2 aromatic rings. The number of aromatic nitrogens is 1. The van der Waals surface area contributed by atoms with E-state index >= 15 is 0 Å². The first-order chi connectivity index (χ1) is 12.5. The SMILES string of the molecule is COCCNC(=O)CN(C(=O)c1snc(C(N)=O)c1N)c1ccccc1. The Bertz CT molecular complexity index is 793. The maximum Gasteiger partial charge on any atom is 0.272 e. The van der Waals surface area contributed by atoms with E-state index in [1.807, 2.05) is 0 Å². The van der Waals surface area contributed by atoms with Crippen molar-refractivity contribution in [3.05, 3.63) is 40.9 Å². The van der Waals surface area contributed by atoms with Gasteiger partial charge in [0.1, 0.15) is 11.4 Å². The van der Waals surface area contributed by atoms with Crippen LogP contribution < -0.4 is 21.7 Å². The zero-order valence-electron chi connectivity index (χ0n) is 14.1. The molecule has 1 heterocycles. The summed E-state index contributed by atoms with van der Waals surface area (Å²) in [7, 11) is 1.52. The Morgan fingerprint density at radius 3 is 2.54 bits per heavy atom. The zero-order valence-corrected chi connectivity index (χ0v) is 14.9. The van der Waals surface area contributed by atoms with Crippen LogP contribution in [0.25, 0.3) is 0 Å². The number of anilines is 2. The molecular weight excluding hydrogens is 358 g/mol. The van der Waals surface area contributed by atoms with Gasteiger partial charge in [0, 0.05) is 19.3 Å². The van der Waals surface area contributed by atoms with E-state index in [9.17, 15) is 14.4 Å². The predicted molar refractivity (Wildman–Crippen MR) is 98.0 cm³/mol. The second-order valence-corrected chi connectivity index (χ2v) is 5.98. The Morgan fingerprint density at radius 1 is 1.27 bits per heavy atom. The van der Waals surface area contributed by atoms with Crippen molar-refractivity contribution < 1.29 is 19.1 Å². The average molecular weight is 377 g/mol. The Morgan fingerprint density at radius 2 is 1.96 bits per heavy atom. The van der Waals surface area contributed by atoms with Gasteiger partial charge in [-0.2, -0.15) is 4.37 Å². The summed E-state index contributed by atoms with van der Waals surface area (Å²) in [5.74, 6) is -1.72. The molecule has 0 aliphatic carbocycles. The van der Waals surface area contributed by atoms with Gasteiger partial charge in [0.2, 0.25) is 5.91 Å². The van der Waals surface area contributed by atoms with Crippen molar-refractivity contribution in [3.63, 3.8) is 0 Å². The van der Waals surface area contributed by atoms with Gasteiger partial charge in [-0.15, -0.1) is 0 Å². The first-order valence-electron chi connectivity index (χ1n) is 7.63. The van der Waals surface area contributed by atoms with E-state index < -0.39 is 11.8 Å². The minimum absolute atomic E-state index is 0.0485. The molecule has 0 saturated heterocycles. The first kappa shape index (κ1) is 19.3. The molecule has 9 nitrogen and oxygen atoms in total. The molecule has 138 valence electrons. The molecule has 0 fully saturated rings. The van der Waals surface area contributed by atoms with Crippen molar-refractivity contribution >= 4 is 40.6 Å². The molecule has 0 bridgehead atoms. The van der Waals surface area contributed by atoms with Crippen LogP contribution in [0.2, 0.25) is 0 Å². The molecule has 0 atom stereocenters. The van der Waals surface area contributed by atoms with E-state index in [2.05, 4.69) is 9.69 Å². The molecule has 1 aromatic carbocycles. The molecule has 0 saturated carbocycles. The molecule has 2 rings (SSSR count). The van der Waals surface area contributed by atoms with Gasteiger partial charge in [-0.05, 0) is 23.7 Å². The highest BCUT2D eigenvalue weighted by Crippen LogP contribution is 2.25. The summed E-state index contributed by atoms with van der Waals surface area (Å²) < 4.78 is 8.71. The number of nitrogens with two attached hydrogens (primary N) is 2. The molecule has 0 unspecified atom stereocenters. The van der Waals surface area contributed by atoms with Crippen LogP contribution in [0.5, 0.6) is 0 Å². The zero-order chi connectivity index (χ0) is 19.1. The van der Waals surface area contributed by atoms with Crippen LogP contribution in [0, 0.1) is 0 Å². The number of carbonyl (C=O) groups is 3. The number of methoxy groups -OCH3 is 1. The summed E-state index contributed by atoms with van der Waals surface area (Å²) >= 11 is 0.765. The summed E-state index contributed by atoms with van der Waals surface area (Å²) in [5, 5.41) is 2.65. The summed E-state index contributed by atoms with van der Waals surface area (Å²) in [6.07, 6.45) is 0. The minimum atomic E-state index is -0.818. The third-order valence-electron chi connectivity index (χ3n) is 3.40. The van der Waals surface area contributed by atoms with Crippen LogP contribution in [0.4, 0.5) is 11.4 Å². The molecule has 1 aromatic heterocycles. The third kappa shape index (κ3) is 4.55. The molecule has 26 heavy (non-hydrogen) atoms. The van der Waals surface area contributed by atoms with E-state index in [-0.39, 0.29) is 28.7 Å². The predicted octanol–water partition coefficient (Wildman–Crippen LogP) is 0.234. The topological polar surface area (TPSA) is 141 Å². The largest absolute Gasteiger partial charge is 0.395 e. The molecule has 5 N–H and O–H groups in total. The van der Waals surface area contributed by atoms with E-state index in [1.54, 1.807) is 30.3 Å². The molecular formula is C16H19N5O4S. The second-order valence-electron chi connectivity index (χ2n) is 5.21. The van der Waals surface area contributed by atoms with Gasteiger partial charge < -0.3 is 21.5 Å². The monoisotopic (exact) mass is 377 g/mol. The summed E-state index contributed by atoms with van der Waals surface area (Å²) in [6.45, 7) is 0.450. The number of nitrogens with zero attached hydrogens (tertiary/aromatic N) is 2. The van der Waals surface area contributed by atoms with Crippen LogP contribution in [0.15, 0.2) is 30.3 Å². The summed E-state index contributed by atoms with van der Waals surface area (Å²) in [5.41, 5.74) is 11.3. The van der Waals surface area contributed by atoms with Crippen LogP contribution in [-0.2, 0) is 9.53 Å². The molecule has 0 spiro atoms. The second kappa shape index (κ2) is 8.92. The van der Waals surface area contributed by atoms with Crippen molar-refractivity contribution in [2.45, 2.75) is 0 Å². The summed E-state index contributed by atoms with van der Waals surface area (Å²) in [4.78, 5) is 37.7. The first-order valence-corrected chi connectivity index (χ1v) is 8.40. The standard InChI is InChI=1S/C16H19N5O4S/c1-25-8-7-19-11(22)9-21(10-5-3-2-4-6-10)16(24)14-12(17)13(15(18)23)20-26-14/h2-6H,7-9,17H2,1H3,(H2,18,23)(H,19,22). The maximum absolute atomic E-state index is 12.9. The lowest BCUT2D eigenvalue weighted by atomic mass is 10.2. The van der Waals surface area contributed by atoms with Crippen molar-refractivity contribution in [2.75, 3.05) is 37.4 Å². The van der Waals surface area contributed by atoms with Gasteiger partial charge in [-0.1, -0.05) is 18.2 Å². The van der Waals surface area contributed by atoms with E-state index in [0.29, 0.717) is 18.8 Å². The molecule has 0 aliphatic heterocycles. The average Bonchev–Trinajstić information content (AvgIpc) is 3.02. The maximum atomic E-state index is 12.9. The van der Waals surface area contributed by atoms with E-state index in [1.165, 1.54) is 12.0 Å². The van der Waals surface area contributed by atoms with Crippen molar-refractivity contribution in [1.29, 1.82) is 0 Å². The Labute approximate surface area is 154 Å². The minimum Gasteiger partial charge on any atom is -0.395 e. The number of rotatable bonds is 8. The van der Waals surface area contributed by atoms with Crippen LogP contribution in [-0.4, -0.2) is 48.9 Å². The number of hydrogen-bond donors (Lipinski definition) is 3. The lowest BCUT2D eigenvalue weighted by Gasteiger charge is -2.22. The van der Waals surface area contributed by atoms with Gasteiger partial charge in [0.25, 0.3) is 11.8 Å². The number of nitrogen functional groups attached to an aromatic ring is 1. The number of hydrogen-bond acceptors (Lipinski definition) is 7. The fraction of sp³-hybridized carbons (Fsp3) is 0.250. The lowest BCUT2D eigenvalue weighted by molar-refractivity contribution is -0.119. The quantitative estimate of drug-likeness (QED) is 0.563. The van der Waals surface area contributed by atoms with E-state index in [0.717, 1.165) is 11.5 Å². The number of amides is 3. The third-order valence-corrected chi connectivity index (χ3v) is 4.25. The van der Waals surface area contributed by atoms with Crippen LogP contribution in [0.3, 0.4) is 0 Å². The summed E-state index contributed by atoms with van der Waals surface area (Å²) in [6, 6.07) is 8.64. The molecule has 3 amide bonds. The number of para-hydroxylation sites is 1. The Balaban J connectivity index is 2.27. The Hall–Kier alpha value is -2.98. The number of ether oxygens (including phenoxy) is 1. The van der Waals surface area contributed by atoms with Crippen LogP contribution >= 0.6 is 11.5 Å². The molecule has 0 radical (unpaired) electrons. The van der Waals surface area contributed by atoms with Gasteiger partial charge in [0.05, 0.1) is 12.3 Å². The van der Waals surface area contributed by atoms with Gasteiger partial charge in [0.15, 0.2) is 5.69 Å². The highest BCUT2D eigenvalue weighted by molar-refractivity contribution is 7.09. The van der Waals surface area contributed by atoms with Crippen molar-refractivity contribution in [1.82, 2.24) is 9.69 Å². The smallest absolute Gasteiger partial charge is 0.272 e. The fourth-order valence-corrected chi connectivity index (χ4v) is 2.89. The van der Waals surface area contributed by atoms with Gasteiger partial charge >= 0.3 is 0 Å². The fourth-order valence-electron chi connectivity index (χ4n) is 2.13. The Kier molecular flexibility index (Phi) is 6.64. The number of primary amides is 1. The van der Waals surface area contributed by atoms with Crippen LogP contribution in [0.1, 0.15) is 20.2 Å². The molecule has 0 aliphatic rings. The van der Waals surface area contributed by atoms with Gasteiger partial charge in [-0.25, -0.2) is 0 Å². The number of carbonyl (C=O) groups excluding carboxylic acids is 3. The van der Waals surface area contributed by atoms with E-state index in [4.69, 9.17) is 16.2 Å². The van der Waals surface area contributed by atoms with Crippen molar-refractivity contribution in [3.8, 4) is 0 Å².